The molecule has 2 heterocycles. The smallest absolute Gasteiger partial charge is 0.244 e. The van der Waals surface area contributed by atoms with Crippen LogP contribution < -0.4 is 14.8 Å². The number of nitrogens with one attached hydrogen (secondary N) is 1. The quantitative estimate of drug-likeness (QED) is 0.347. The maximum atomic E-state index is 14.2. The summed E-state index contributed by atoms with van der Waals surface area (Å²) in [5.74, 6) is 1.39. The average Bonchev–Trinajstić information content (AvgIpc) is 3.20. The highest BCUT2D eigenvalue weighted by Gasteiger charge is 2.51. The summed E-state index contributed by atoms with van der Waals surface area (Å²) >= 11 is 2.32. The van der Waals surface area contributed by atoms with Crippen molar-refractivity contribution in [3.63, 3.8) is 0 Å². The summed E-state index contributed by atoms with van der Waals surface area (Å²) < 4.78 is 18.5. The fourth-order valence-electron chi connectivity index (χ4n) is 5.35. The lowest BCUT2D eigenvalue weighted by atomic mass is 9.68. The first-order chi connectivity index (χ1) is 18.2. The minimum atomic E-state index is -1.07. The van der Waals surface area contributed by atoms with Gasteiger partial charge in [-0.3, -0.25) is 9.69 Å². The van der Waals surface area contributed by atoms with Crippen LogP contribution in [0.15, 0.2) is 60.7 Å². The van der Waals surface area contributed by atoms with E-state index in [2.05, 4.69) is 71.8 Å². The van der Waals surface area contributed by atoms with E-state index in [9.17, 15) is 4.79 Å². The van der Waals surface area contributed by atoms with Crippen molar-refractivity contribution in [2.24, 2.45) is 0 Å². The van der Waals surface area contributed by atoms with Gasteiger partial charge in [0, 0.05) is 40.0 Å². The highest BCUT2D eigenvalue weighted by atomic mass is 127. The van der Waals surface area contributed by atoms with Gasteiger partial charge < -0.3 is 19.5 Å². The lowest BCUT2D eigenvalue weighted by molar-refractivity contribution is -0.118. The van der Waals surface area contributed by atoms with E-state index >= 15 is 0 Å². The van der Waals surface area contributed by atoms with Gasteiger partial charge in [0.25, 0.3) is 0 Å². The number of fused-ring (bicyclic) bond motifs is 1. The van der Waals surface area contributed by atoms with E-state index in [1.54, 1.807) is 7.11 Å². The molecule has 7 heteroatoms. The van der Waals surface area contributed by atoms with Crippen molar-refractivity contribution in [3.8, 4) is 11.5 Å². The summed E-state index contributed by atoms with van der Waals surface area (Å²) in [6, 6.07) is 20.3. The van der Waals surface area contributed by atoms with Gasteiger partial charge in [-0.05, 0) is 81.6 Å². The number of methoxy groups -OCH3 is 1. The predicted octanol–water partition coefficient (Wildman–Crippen LogP) is 5.59. The molecule has 0 bridgehead atoms. The Kier molecular flexibility index (Phi) is 7.71. The van der Waals surface area contributed by atoms with Gasteiger partial charge in [-0.1, -0.05) is 39.0 Å². The molecule has 0 saturated carbocycles. The maximum Gasteiger partial charge on any atom is 0.244 e. The lowest BCUT2D eigenvalue weighted by Crippen LogP contribution is -2.39. The third-order valence-corrected chi connectivity index (χ3v) is 8.19. The fourth-order valence-corrected chi connectivity index (χ4v) is 5.84. The van der Waals surface area contributed by atoms with Gasteiger partial charge in [-0.15, -0.1) is 0 Å². The summed E-state index contributed by atoms with van der Waals surface area (Å²) in [5, 5.41) is 3.18. The number of amides is 1. The molecule has 38 heavy (non-hydrogen) atoms. The van der Waals surface area contributed by atoms with Crippen LogP contribution in [0.25, 0.3) is 0 Å². The van der Waals surface area contributed by atoms with E-state index in [1.165, 1.54) is 0 Å². The largest absolute Gasteiger partial charge is 0.497 e. The zero-order valence-electron chi connectivity index (χ0n) is 22.5. The molecule has 0 aromatic heterocycles. The van der Waals surface area contributed by atoms with Gasteiger partial charge in [0.05, 0.1) is 20.3 Å². The third-order valence-electron chi connectivity index (χ3n) is 7.52. The minimum absolute atomic E-state index is 0.0799. The Labute approximate surface area is 238 Å². The van der Waals surface area contributed by atoms with Gasteiger partial charge in [0.15, 0.2) is 0 Å². The molecule has 2 aliphatic rings. The van der Waals surface area contributed by atoms with Gasteiger partial charge in [-0.2, -0.15) is 0 Å². The zero-order valence-corrected chi connectivity index (χ0v) is 24.6. The monoisotopic (exact) mass is 626 g/mol. The SMILES string of the molecule is COc1ccc(C2(c3cc(C(C)(C)C)ccc3OCCN3CCOCC3)C(=O)Nc3ccc(I)cc32)cc1. The molecule has 1 N–H and O–H groups in total. The Hall–Kier alpha value is -2.62. The lowest BCUT2D eigenvalue weighted by Gasteiger charge is -2.33. The Morgan fingerprint density at radius 3 is 2.42 bits per heavy atom. The molecule has 6 nitrogen and oxygen atoms in total. The third kappa shape index (κ3) is 5.03. The van der Waals surface area contributed by atoms with Crippen molar-refractivity contribution < 1.29 is 19.0 Å². The fraction of sp³-hybridized carbons (Fsp3) is 0.387. The number of rotatable bonds is 7. The van der Waals surface area contributed by atoms with Crippen LogP contribution in [-0.4, -0.2) is 57.4 Å². The van der Waals surface area contributed by atoms with E-state index in [-0.39, 0.29) is 11.3 Å². The molecule has 0 radical (unpaired) electrons. The summed E-state index contributed by atoms with van der Waals surface area (Å²) in [4.78, 5) is 16.6. The van der Waals surface area contributed by atoms with Crippen LogP contribution in [0, 0.1) is 3.57 Å². The molecular formula is C31H35IN2O4. The summed E-state index contributed by atoms with van der Waals surface area (Å²) in [7, 11) is 1.65. The van der Waals surface area contributed by atoms with Crippen molar-refractivity contribution >= 4 is 34.2 Å². The molecule has 3 aromatic carbocycles. The van der Waals surface area contributed by atoms with Gasteiger partial charge in [0.2, 0.25) is 5.91 Å². The first kappa shape index (κ1) is 27.0. The van der Waals surface area contributed by atoms with Crippen LogP contribution in [0.5, 0.6) is 11.5 Å². The first-order valence-electron chi connectivity index (χ1n) is 13.1. The number of ether oxygens (including phenoxy) is 3. The summed E-state index contributed by atoms with van der Waals surface area (Å²) in [6.07, 6.45) is 0. The second kappa shape index (κ2) is 10.9. The van der Waals surface area contributed by atoms with E-state index in [0.29, 0.717) is 6.61 Å². The van der Waals surface area contributed by atoms with Crippen molar-refractivity contribution in [3.05, 3.63) is 86.5 Å². The highest BCUT2D eigenvalue weighted by Crippen LogP contribution is 2.51. The van der Waals surface area contributed by atoms with Crippen molar-refractivity contribution in [2.75, 3.05) is 51.9 Å². The summed E-state index contributed by atoms with van der Waals surface area (Å²) in [5.41, 5.74) is 3.46. The molecule has 0 aliphatic carbocycles. The average molecular weight is 627 g/mol. The number of halogens is 1. The Morgan fingerprint density at radius 1 is 1.00 bits per heavy atom. The second-order valence-electron chi connectivity index (χ2n) is 10.9. The topological polar surface area (TPSA) is 60.0 Å². The molecule has 3 aromatic rings. The number of carbonyl (C=O) groups excluding carboxylic acids is 1. The predicted molar refractivity (Wildman–Crippen MR) is 159 cm³/mol. The van der Waals surface area contributed by atoms with E-state index in [1.807, 2.05) is 42.5 Å². The number of hydrogen-bond donors (Lipinski definition) is 1. The molecule has 1 atom stereocenters. The highest BCUT2D eigenvalue weighted by molar-refractivity contribution is 14.1. The Morgan fingerprint density at radius 2 is 1.74 bits per heavy atom. The number of morpholine rings is 1. The standard InChI is InChI=1S/C31H35IN2O4/c1-30(2,3)22-7-12-28(38-18-15-34-13-16-37-17-14-34)26(19-22)31(21-5-9-24(36-4)10-6-21)25-20-23(32)8-11-27(25)33-29(31)35/h5-12,19-20H,13-18H2,1-4H3,(H,33,35). The van der Waals surface area contributed by atoms with E-state index < -0.39 is 5.41 Å². The van der Waals surface area contributed by atoms with Crippen molar-refractivity contribution in [2.45, 2.75) is 31.6 Å². The first-order valence-corrected chi connectivity index (χ1v) is 14.2. The number of anilines is 1. The molecule has 5 rings (SSSR count). The van der Waals surface area contributed by atoms with Gasteiger partial charge in [-0.25, -0.2) is 0 Å². The Balaban J connectivity index is 1.68. The van der Waals surface area contributed by atoms with Crippen LogP contribution in [-0.2, 0) is 20.4 Å². The molecule has 1 saturated heterocycles. The molecule has 1 unspecified atom stereocenters. The molecule has 2 aliphatic heterocycles. The van der Waals surface area contributed by atoms with Crippen molar-refractivity contribution in [1.29, 1.82) is 0 Å². The minimum Gasteiger partial charge on any atom is -0.497 e. The van der Waals surface area contributed by atoms with Gasteiger partial charge in [0.1, 0.15) is 23.5 Å². The van der Waals surface area contributed by atoms with Crippen LogP contribution in [0.4, 0.5) is 5.69 Å². The van der Waals surface area contributed by atoms with Crippen LogP contribution in [0.1, 0.15) is 43.0 Å². The summed E-state index contributed by atoms with van der Waals surface area (Å²) in [6.45, 7) is 11.2. The second-order valence-corrected chi connectivity index (χ2v) is 12.1. The number of carbonyl (C=O) groups is 1. The van der Waals surface area contributed by atoms with Crippen LogP contribution >= 0.6 is 22.6 Å². The number of hydrogen-bond acceptors (Lipinski definition) is 5. The molecule has 200 valence electrons. The van der Waals surface area contributed by atoms with Crippen LogP contribution in [0.2, 0.25) is 0 Å². The molecule has 1 amide bonds. The normalized spacial score (nSPS) is 19.7. The molecule has 1 fully saturated rings. The van der Waals surface area contributed by atoms with Crippen molar-refractivity contribution in [1.82, 2.24) is 4.90 Å². The van der Waals surface area contributed by atoms with Gasteiger partial charge >= 0.3 is 0 Å². The van der Waals surface area contributed by atoms with Crippen LogP contribution in [0.3, 0.4) is 0 Å². The van der Waals surface area contributed by atoms with E-state index in [0.717, 1.165) is 75.9 Å². The molecule has 0 spiro atoms. The zero-order chi connectivity index (χ0) is 26.9. The Bertz CT molecular complexity index is 1310. The number of benzene rings is 3. The molecular weight excluding hydrogens is 591 g/mol. The van der Waals surface area contributed by atoms with E-state index in [4.69, 9.17) is 14.2 Å². The number of nitrogens with zero attached hydrogens (tertiary/aromatic N) is 1. The maximum absolute atomic E-state index is 14.2.